The van der Waals surface area contributed by atoms with Crippen molar-refractivity contribution in [1.82, 2.24) is 4.90 Å². The molecule has 0 bridgehead atoms. The summed E-state index contributed by atoms with van der Waals surface area (Å²) < 4.78 is 10.9. The Balaban J connectivity index is 3.32. The summed E-state index contributed by atoms with van der Waals surface area (Å²) in [5.41, 5.74) is 7.24. The lowest BCUT2D eigenvalue weighted by molar-refractivity contribution is 0.133. The van der Waals surface area contributed by atoms with Crippen LogP contribution < -0.4 is 15.2 Å². The number of hydrogen-bond acceptors (Lipinski definition) is 4. The third kappa shape index (κ3) is 3.69. The molecule has 0 fully saturated rings. The fourth-order valence-corrected chi connectivity index (χ4v) is 3.14. The maximum absolute atomic E-state index is 6.77. The van der Waals surface area contributed by atoms with Crippen LogP contribution in [0.3, 0.4) is 0 Å². The first-order valence-electron chi connectivity index (χ1n) is 7.71. The summed E-state index contributed by atoms with van der Waals surface area (Å²) in [6, 6.07) is 6.06. The highest BCUT2D eigenvalue weighted by molar-refractivity contribution is 5.45. The number of nitrogens with two attached hydrogens (primary N) is 1. The van der Waals surface area contributed by atoms with Crippen molar-refractivity contribution in [1.29, 1.82) is 0 Å². The van der Waals surface area contributed by atoms with E-state index in [1.165, 1.54) is 0 Å². The summed E-state index contributed by atoms with van der Waals surface area (Å²) in [6.45, 7) is 10.6. The normalized spacial score (nSPS) is 15.6. The second-order valence-electron chi connectivity index (χ2n) is 5.49. The number of likely N-dealkylation sites (N-methyl/N-ethyl adjacent to an activating group) is 1. The predicted octanol–water partition coefficient (Wildman–Crippen LogP) is 3.00. The lowest BCUT2D eigenvalue weighted by Crippen LogP contribution is -2.54. The minimum atomic E-state index is -0.513. The molecule has 0 amide bonds. The molecule has 0 saturated carbocycles. The van der Waals surface area contributed by atoms with Crippen molar-refractivity contribution in [2.75, 3.05) is 27.3 Å². The van der Waals surface area contributed by atoms with Crippen LogP contribution in [0.4, 0.5) is 0 Å². The van der Waals surface area contributed by atoms with E-state index >= 15 is 0 Å². The molecule has 0 spiro atoms. The van der Waals surface area contributed by atoms with Gasteiger partial charge in [0.05, 0.1) is 19.8 Å². The van der Waals surface area contributed by atoms with Crippen molar-refractivity contribution in [2.24, 2.45) is 5.73 Å². The molecule has 4 nitrogen and oxygen atoms in total. The molecule has 0 saturated heterocycles. The Bertz CT molecular complexity index is 442. The predicted molar refractivity (Wildman–Crippen MR) is 88.1 cm³/mol. The van der Waals surface area contributed by atoms with Crippen LogP contribution in [0.2, 0.25) is 0 Å². The van der Waals surface area contributed by atoms with Crippen LogP contribution in [0.15, 0.2) is 18.2 Å². The van der Waals surface area contributed by atoms with Gasteiger partial charge in [-0.3, -0.25) is 4.90 Å². The molecule has 120 valence electrons. The highest BCUT2D eigenvalue weighted by Crippen LogP contribution is 2.36. The maximum atomic E-state index is 6.77. The van der Waals surface area contributed by atoms with E-state index in [9.17, 15) is 0 Å². The smallest absolute Gasteiger partial charge is 0.124 e. The van der Waals surface area contributed by atoms with Gasteiger partial charge in [0.1, 0.15) is 11.5 Å². The van der Waals surface area contributed by atoms with Gasteiger partial charge in [-0.05, 0) is 44.6 Å². The molecule has 2 atom stereocenters. The summed E-state index contributed by atoms with van der Waals surface area (Å²) in [6.07, 6.45) is 0.981. The molecule has 0 aliphatic carbocycles. The third-order valence-electron chi connectivity index (χ3n) is 4.32. The van der Waals surface area contributed by atoms with E-state index < -0.39 is 5.54 Å². The summed E-state index contributed by atoms with van der Waals surface area (Å²) in [5.74, 6) is 1.61. The summed E-state index contributed by atoms with van der Waals surface area (Å²) in [4.78, 5) is 2.40. The minimum absolute atomic E-state index is 0.244. The van der Waals surface area contributed by atoms with E-state index in [4.69, 9.17) is 15.2 Å². The van der Waals surface area contributed by atoms with Crippen molar-refractivity contribution in [3.63, 3.8) is 0 Å². The van der Waals surface area contributed by atoms with E-state index in [-0.39, 0.29) is 6.04 Å². The van der Waals surface area contributed by atoms with Crippen LogP contribution in [0.25, 0.3) is 0 Å². The standard InChI is InChI=1S/C17H30N2O2/c1-7-16(19(8-2)9-3)17(4,18)14-12-13(20-5)10-11-15(14)21-6/h10-12,16H,7-9,18H2,1-6H3. The molecule has 1 aromatic rings. The molecule has 1 rings (SSSR count). The molecular weight excluding hydrogens is 264 g/mol. The van der Waals surface area contributed by atoms with Gasteiger partial charge in [-0.25, -0.2) is 0 Å². The molecule has 4 heteroatoms. The quantitative estimate of drug-likeness (QED) is 0.800. The molecule has 0 heterocycles. The van der Waals surface area contributed by atoms with Crippen molar-refractivity contribution in [3.05, 3.63) is 23.8 Å². The van der Waals surface area contributed by atoms with E-state index in [0.29, 0.717) is 0 Å². The van der Waals surface area contributed by atoms with Gasteiger partial charge in [-0.15, -0.1) is 0 Å². The van der Waals surface area contributed by atoms with Gasteiger partial charge in [0.25, 0.3) is 0 Å². The minimum Gasteiger partial charge on any atom is -0.497 e. The number of hydrogen-bond donors (Lipinski definition) is 1. The van der Waals surface area contributed by atoms with Crippen LogP contribution in [-0.2, 0) is 5.54 Å². The average Bonchev–Trinajstić information content (AvgIpc) is 2.51. The molecular formula is C17H30N2O2. The first-order chi connectivity index (χ1) is 9.95. The SMILES string of the molecule is CCC(N(CC)CC)C(C)(N)c1cc(OC)ccc1OC. The van der Waals surface area contributed by atoms with Gasteiger partial charge < -0.3 is 15.2 Å². The van der Waals surface area contributed by atoms with Gasteiger partial charge in [0.2, 0.25) is 0 Å². The zero-order chi connectivity index (χ0) is 16.0. The Labute approximate surface area is 129 Å². The van der Waals surface area contributed by atoms with Crippen LogP contribution >= 0.6 is 0 Å². The van der Waals surface area contributed by atoms with Gasteiger partial charge in [-0.1, -0.05) is 20.8 Å². The van der Waals surface area contributed by atoms with Gasteiger partial charge in [0.15, 0.2) is 0 Å². The Morgan fingerprint density at radius 3 is 2.19 bits per heavy atom. The number of ether oxygens (including phenoxy) is 2. The topological polar surface area (TPSA) is 47.7 Å². The Morgan fingerprint density at radius 2 is 1.76 bits per heavy atom. The van der Waals surface area contributed by atoms with Gasteiger partial charge in [0, 0.05) is 11.6 Å². The largest absolute Gasteiger partial charge is 0.497 e. The highest BCUT2D eigenvalue weighted by atomic mass is 16.5. The summed E-state index contributed by atoms with van der Waals surface area (Å²) in [5, 5.41) is 0. The monoisotopic (exact) mass is 294 g/mol. The first-order valence-corrected chi connectivity index (χ1v) is 7.71. The Morgan fingerprint density at radius 1 is 1.14 bits per heavy atom. The molecule has 0 aromatic heterocycles. The van der Waals surface area contributed by atoms with Gasteiger partial charge in [-0.2, -0.15) is 0 Å². The molecule has 1 aromatic carbocycles. The summed E-state index contributed by atoms with van der Waals surface area (Å²) >= 11 is 0. The first kappa shape index (κ1) is 17.8. The van der Waals surface area contributed by atoms with Crippen LogP contribution in [0.1, 0.15) is 39.7 Å². The fraction of sp³-hybridized carbons (Fsp3) is 0.647. The van der Waals surface area contributed by atoms with Crippen molar-refractivity contribution in [2.45, 2.75) is 45.7 Å². The van der Waals surface area contributed by atoms with Crippen molar-refractivity contribution in [3.8, 4) is 11.5 Å². The zero-order valence-corrected chi connectivity index (χ0v) is 14.3. The molecule has 0 radical (unpaired) electrons. The molecule has 0 aliphatic rings. The fourth-order valence-electron chi connectivity index (χ4n) is 3.14. The zero-order valence-electron chi connectivity index (χ0n) is 14.3. The van der Waals surface area contributed by atoms with Crippen LogP contribution in [0, 0.1) is 0 Å². The number of benzene rings is 1. The van der Waals surface area contributed by atoms with E-state index in [1.807, 2.05) is 18.2 Å². The van der Waals surface area contributed by atoms with Crippen LogP contribution in [-0.4, -0.2) is 38.3 Å². The molecule has 2 N–H and O–H groups in total. The van der Waals surface area contributed by atoms with Gasteiger partial charge >= 0.3 is 0 Å². The Hall–Kier alpha value is -1.26. The van der Waals surface area contributed by atoms with Crippen molar-refractivity contribution < 1.29 is 9.47 Å². The van der Waals surface area contributed by atoms with E-state index in [1.54, 1.807) is 14.2 Å². The van der Waals surface area contributed by atoms with E-state index in [0.717, 1.165) is 36.6 Å². The second-order valence-corrected chi connectivity index (χ2v) is 5.49. The molecule has 0 aliphatic heterocycles. The van der Waals surface area contributed by atoms with Crippen molar-refractivity contribution >= 4 is 0 Å². The third-order valence-corrected chi connectivity index (χ3v) is 4.32. The Kier molecular flexibility index (Phi) is 6.49. The second kappa shape index (κ2) is 7.66. The molecule has 2 unspecified atom stereocenters. The number of nitrogens with zero attached hydrogens (tertiary/aromatic N) is 1. The average molecular weight is 294 g/mol. The highest BCUT2D eigenvalue weighted by Gasteiger charge is 2.36. The summed E-state index contributed by atoms with van der Waals surface area (Å²) in [7, 11) is 3.35. The lowest BCUT2D eigenvalue weighted by Gasteiger charge is -2.41. The maximum Gasteiger partial charge on any atom is 0.124 e. The van der Waals surface area contributed by atoms with Crippen LogP contribution in [0.5, 0.6) is 11.5 Å². The number of methoxy groups -OCH3 is 2. The van der Waals surface area contributed by atoms with E-state index in [2.05, 4.69) is 32.6 Å². The molecule has 21 heavy (non-hydrogen) atoms. The number of rotatable bonds is 8. The lowest BCUT2D eigenvalue weighted by atomic mass is 9.82.